The lowest BCUT2D eigenvalue weighted by atomic mass is 10.2. The number of nitro benzene ring substituents is 2. The van der Waals surface area contributed by atoms with E-state index in [1.165, 1.54) is 6.07 Å². The molecule has 1 N–H and O–H groups in total. The summed E-state index contributed by atoms with van der Waals surface area (Å²) in [4.78, 5) is 44.1. The van der Waals surface area contributed by atoms with Crippen LogP contribution in [0.25, 0.3) is 11.1 Å². The number of hydrogen-bond donors (Lipinski definition) is 1. The van der Waals surface area contributed by atoms with Gasteiger partial charge in [-0.3, -0.25) is 29.6 Å². The number of anilines is 1. The third-order valence-electron chi connectivity index (χ3n) is 3.60. The topological polar surface area (TPSA) is 151 Å². The number of nitrogens with zero attached hydrogens (tertiary/aromatic N) is 3. The Morgan fingerprint density at radius 3 is 2.41 bits per heavy atom. The van der Waals surface area contributed by atoms with Crippen LogP contribution in [0.5, 0.6) is 0 Å². The van der Waals surface area contributed by atoms with Crippen LogP contribution in [0.2, 0.25) is 0 Å². The van der Waals surface area contributed by atoms with Gasteiger partial charge < -0.3 is 9.73 Å². The van der Waals surface area contributed by atoms with Crippen molar-refractivity contribution < 1.29 is 23.4 Å². The molecule has 0 aliphatic rings. The van der Waals surface area contributed by atoms with Gasteiger partial charge in [0.1, 0.15) is 12.4 Å². The fraction of sp³-hybridized carbons (Fsp3) is 0.0667. The number of oxazole rings is 1. The first-order valence-electron chi connectivity index (χ1n) is 7.28. The van der Waals surface area contributed by atoms with Crippen LogP contribution in [0.1, 0.15) is 0 Å². The Bertz CT molecular complexity index is 1150. The molecule has 0 bridgehead atoms. The summed E-state index contributed by atoms with van der Waals surface area (Å²) in [5, 5.41) is 23.6. The van der Waals surface area contributed by atoms with E-state index in [-0.39, 0.29) is 16.8 Å². The van der Waals surface area contributed by atoms with E-state index >= 15 is 0 Å². The summed E-state index contributed by atoms with van der Waals surface area (Å²) >= 11 is 0. The molecule has 0 aliphatic heterocycles. The number of carbonyl (C=O) groups excluding carboxylic acids is 1. The lowest BCUT2D eigenvalue weighted by Crippen LogP contribution is -2.25. The largest absolute Gasteiger partial charge is 0.420 e. The Kier molecular flexibility index (Phi) is 4.38. The molecule has 1 aromatic heterocycles. The molecule has 1 amide bonds. The van der Waals surface area contributed by atoms with E-state index in [9.17, 15) is 34.2 Å². The molecule has 0 atom stereocenters. The third kappa shape index (κ3) is 3.49. The summed E-state index contributed by atoms with van der Waals surface area (Å²) in [5.74, 6) is -2.69. The van der Waals surface area contributed by atoms with Gasteiger partial charge in [-0.2, -0.15) is 0 Å². The molecule has 2 aromatic carbocycles. The molecule has 11 nitrogen and oxygen atoms in total. The molecule has 1 heterocycles. The van der Waals surface area contributed by atoms with E-state index in [0.717, 1.165) is 34.9 Å². The molecule has 0 saturated carbocycles. The number of rotatable bonds is 5. The fourth-order valence-electron chi connectivity index (χ4n) is 2.37. The van der Waals surface area contributed by atoms with Gasteiger partial charge in [0.15, 0.2) is 5.58 Å². The first kappa shape index (κ1) is 17.7. The quantitative estimate of drug-likeness (QED) is 0.529. The Labute approximate surface area is 147 Å². The highest BCUT2D eigenvalue weighted by Gasteiger charge is 2.18. The van der Waals surface area contributed by atoms with Crippen LogP contribution in [-0.2, 0) is 11.3 Å². The maximum Gasteiger partial charge on any atom is 0.420 e. The van der Waals surface area contributed by atoms with Crippen molar-refractivity contribution in [1.82, 2.24) is 4.57 Å². The molecule has 3 aromatic rings. The summed E-state index contributed by atoms with van der Waals surface area (Å²) in [6.07, 6.45) is 0. The van der Waals surface area contributed by atoms with E-state index in [2.05, 4.69) is 5.32 Å². The number of non-ortho nitro benzene ring substituents is 2. The molecule has 0 unspecified atom stereocenters. The average Bonchev–Trinajstić information content (AvgIpc) is 2.91. The van der Waals surface area contributed by atoms with Crippen molar-refractivity contribution in [3.63, 3.8) is 0 Å². The van der Waals surface area contributed by atoms with E-state index in [1.807, 2.05) is 0 Å². The van der Waals surface area contributed by atoms with Crippen LogP contribution in [0.15, 0.2) is 45.6 Å². The summed E-state index contributed by atoms with van der Waals surface area (Å²) in [6, 6.07) is 6.00. The number of fused-ring (bicyclic) bond motifs is 1. The molecule has 0 fully saturated rings. The van der Waals surface area contributed by atoms with Gasteiger partial charge in [0.25, 0.3) is 11.4 Å². The molecule has 12 heteroatoms. The van der Waals surface area contributed by atoms with Gasteiger partial charge in [0, 0.05) is 18.2 Å². The maximum absolute atomic E-state index is 13.7. The van der Waals surface area contributed by atoms with Crippen molar-refractivity contribution >= 4 is 34.1 Å². The molecule has 0 aliphatic carbocycles. The number of nitrogens with one attached hydrogen (secondary N) is 1. The van der Waals surface area contributed by atoms with E-state index in [0.29, 0.717) is 0 Å². The van der Waals surface area contributed by atoms with Gasteiger partial charge in [0.2, 0.25) is 5.91 Å². The van der Waals surface area contributed by atoms with Crippen LogP contribution >= 0.6 is 0 Å². The minimum absolute atomic E-state index is 0.0940. The normalized spacial score (nSPS) is 10.7. The predicted octanol–water partition coefficient (Wildman–Crippen LogP) is 2.19. The van der Waals surface area contributed by atoms with Crippen molar-refractivity contribution in [2.45, 2.75) is 6.54 Å². The van der Waals surface area contributed by atoms with Gasteiger partial charge in [-0.05, 0) is 12.1 Å². The number of aromatic nitrogens is 1. The second-order valence-corrected chi connectivity index (χ2v) is 5.33. The Morgan fingerprint density at radius 1 is 1.11 bits per heavy atom. The lowest BCUT2D eigenvalue weighted by Gasteiger charge is -2.06. The maximum atomic E-state index is 13.7. The van der Waals surface area contributed by atoms with Crippen LogP contribution < -0.4 is 11.1 Å². The molecule has 138 valence electrons. The lowest BCUT2D eigenvalue weighted by molar-refractivity contribution is -0.385. The average molecular weight is 376 g/mol. The standard InChI is InChI=1S/C15H9FN4O7/c16-10-3-1-8(19(23)24)5-11(10)17-14(21)7-18-12-4-2-9(20(25)26)6-13(12)27-15(18)22/h1-6H,7H2,(H,17,21). The summed E-state index contributed by atoms with van der Waals surface area (Å²) in [6.45, 7) is -0.591. The van der Waals surface area contributed by atoms with E-state index in [4.69, 9.17) is 4.42 Å². The van der Waals surface area contributed by atoms with Crippen molar-refractivity contribution in [2.75, 3.05) is 5.32 Å². The van der Waals surface area contributed by atoms with Crippen molar-refractivity contribution in [3.8, 4) is 0 Å². The number of halogens is 1. The first-order valence-corrected chi connectivity index (χ1v) is 7.28. The minimum Gasteiger partial charge on any atom is -0.407 e. The molecule has 27 heavy (non-hydrogen) atoms. The van der Waals surface area contributed by atoms with Crippen LogP contribution in [0.4, 0.5) is 21.5 Å². The van der Waals surface area contributed by atoms with Gasteiger partial charge in [-0.1, -0.05) is 0 Å². The SMILES string of the molecule is O=C(Cn1c(=O)oc2cc([N+](=O)[O-])ccc21)Nc1cc([N+](=O)[O-])ccc1F. The van der Waals surface area contributed by atoms with Crippen LogP contribution in [-0.4, -0.2) is 20.3 Å². The second-order valence-electron chi connectivity index (χ2n) is 5.33. The highest BCUT2D eigenvalue weighted by Crippen LogP contribution is 2.22. The molecular formula is C15H9FN4O7. The minimum atomic E-state index is -0.944. The Morgan fingerprint density at radius 2 is 1.74 bits per heavy atom. The van der Waals surface area contributed by atoms with Crippen LogP contribution in [0.3, 0.4) is 0 Å². The number of carbonyl (C=O) groups is 1. The van der Waals surface area contributed by atoms with Crippen LogP contribution in [0, 0.1) is 26.0 Å². The number of hydrogen-bond acceptors (Lipinski definition) is 7. The zero-order valence-electron chi connectivity index (χ0n) is 13.2. The summed E-state index contributed by atoms with van der Waals surface area (Å²) in [5.41, 5.74) is -1.12. The van der Waals surface area contributed by atoms with Crippen molar-refractivity contribution in [3.05, 3.63) is 73.0 Å². The van der Waals surface area contributed by atoms with Gasteiger partial charge in [-0.25, -0.2) is 9.18 Å². The number of amides is 1. The van der Waals surface area contributed by atoms with E-state index < -0.39 is 45.2 Å². The van der Waals surface area contributed by atoms with Gasteiger partial charge in [0.05, 0.1) is 27.1 Å². The van der Waals surface area contributed by atoms with Crippen molar-refractivity contribution in [2.24, 2.45) is 0 Å². The number of benzene rings is 2. The van der Waals surface area contributed by atoms with E-state index in [1.54, 1.807) is 0 Å². The molecular weight excluding hydrogens is 367 g/mol. The first-order chi connectivity index (χ1) is 12.8. The molecule has 3 rings (SSSR count). The number of nitro groups is 2. The van der Waals surface area contributed by atoms with Gasteiger partial charge >= 0.3 is 5.76 Å². The monoisotopic (exact) mass is 376 g/mol. The summed E-state index contributed by atoms with van der Waals surface area (Å²) < 4.78 is 19.5. The third-order valence-corrected chi connectivity index (χ3v) is 3.60. The highest BCUT2D eigenvalue weighted by molar-refractivity contribution is 5.92. The zero-order chi connectivity index (χ0) is 19.7. The fourth-order valence-corrected chi connectivity index (χ4v) is 2.37. The molecule has 0 radical (unpaired) electrons. The smallest absolute Gasteiger partial charge is 0.407 e. The predicted molar refractivity (Wildman–Crippen MR) is 88.8 cm³/mol. The molecule has 0 spiro atoms. The van der Waals surface area contributed by atoms with Crippen molar-refractivity contribution in [1.29, 1.82) is 0 Å². The van der Waals surface area contributed by atoms with Gasteiger partial charge in [-0.15, -0.1) is 0 Å². The summed E-state index contributed by atoms with van der Waals surface area (Å²) in [7, 11) is 0. The second kappa shape index (κ2) is 6.67. The Balaban J connectivity index is 1.87. The molecule has 0 saturated heterocycles. The zero-order valence-corrected chi connectivity index (χ0v) is 13.2. The highest BCUT2D eigenvalue weighted by atomic mass is 19.1. The Hall–Kier alpha value is -4.09.